The third-order valence-corrected chi connectivity index (χ3v) is 6.66. The minimum Gasteiger partial charge on any atom is -0.465 e. The van der Waals surface area contributed by atoms with Crippen LogP contribution in [0, 0.1) is 23.2 Å². The molecular formula is C23H35BrO5S. The molecule has 0 fully saturated rings. The fourth-order valence-electron chi connectivity index (χ4n) is 3.22. The molecule has 30 heavy (non-hydrogen) atoms. The normalized spacial score (nSPS) is 17.8. The van der Waals surface area contributed by atoms with Crippen LogP contribution in [-0.4, -0.2) is 30.3 Å². The van der Waals surface area contributed by atoms with Crippen LogP contribution in [0.1, 0.15) is 67.2 Å². The Morgan fingerprint density at radius 2 is 1.83 bits per heavy atom. The minimum atomic E-state index is -0.427. The van der Waals surface area contributed by atoms with Gasteiger partial charge in [0, 0.05) is 10.5 Å². The lowest BCUT2D eigenvalue weighted by atomic mass is 9.74. The van der Waals surface area contributed by atoms with E-state index in [1.807, 2.05) is 41.5 Å². The molecule has 0 saturated carbocycles. The zero-order chi connectivity index (χ0) is 22.9. The maximum absolute atomic E-state index is 12.9. The monoisotopic (exact) mass is 502 g/mol. The number of thioether (sulfide) groups is 1. The van der Waals surface area contributed by atoms with Crippen LogP contribution >= 0.6 is 27.7 Å². The van der Waals surface area contributed by atoms with Crippen LogP contribution in [0.5, 0.6) is 0 Å². The molecule has 0 N–H and O–H groups in total. The highest BCUT2D eigenvalue weighted by Gasteiger charge is 2.37. The van der Waals surface area contributed by atoms with Gasteiger partial charge < -0.3 is 9.47 Å². The van der Waals surface area contributed by atoms with Gasteiger partial charge in [-0.3, -0.25) is 14.4 Å². The summed E-state index contributed by atoms with van der Waals surface area (Å²) in [5, 5.41) is -0.110. The molecule has 0 aromatic rings. The van der Waals surface area contributed by atoms with E-state index >= 15 is 0 Å². The summed E-state index contributed by atoms with van der Waals surface area (Å²) in [4.78, 5) is 40.1. The van der Waals surface area contributed by atoms with Crippen LogP contribution in [0.4, 0.5) is 0 Å². The lowest BCUT2D eigenvalue weighted by molar-refractivity contribution is -0.156. The smallest absolute Gasteiger partial charge is 0.309 e. The number of esters is 2. The van der Waals surface area contributed by atoms with Crippen molar-refractivity contribution in [3.63, 3.8) is 0 Å². The van der Waals surface area contributed by atoms with E-state index in [1.165, 1.54) is 0 Å². The van der Waals surface area contributed by atoms with Crippen molar-refractivity contribution < 1.29 is 23.9 Å². The summed E-state index contributed by atoms with van der Waals surface area (Å²) >= 11 is 4.31. The molecule has 1 rings (SSSR count). The Morgan fingerprint density at radius 1 is 1.17 bits per heavy atom. The highest BCUT2D eigenvalue weighted by molar-refractivity contribution is 9.11. The van der Waals surface area contributed by atoms with Crippen molar-refractivity contribution in [3.05, 3.63) is 21.5 Å². The number of carbonyl (C=O) groups excluding carboxylic acids is 3. The van der Waals surface area contributed by atoms with E-state index in [9.17, 15) is 14.4 Å². The second-order valence-corrected chi connectivity index (χ2v) is 10.7. The molecule has 0 saturated heterocycles. The molecule has 2 atom stereocenters. The van der Waals surface area contributed by atoms with Gasteiger partial charge in [-0.05, 0) is 53.4 Å². The molecule has 1 heterocycles. The summed E-state index contributed by atoms with van der Waals surface area (Å²) < 4.78 is 11.0. The first kappa shape index (κ1) is 27.0. The van der Waals surface area contributed by atoms with E-state index in [4.69, 9.17) is 9.47 Å². The molecule has 0 aromatic heterocycles. The lowest BCUT2D eigenvalue weighted by Gasteiger charge is -2.31. The SMILES string of the molecule is CCCCOC(=O)C(CC(CC(C)C)C(=O)OCC1=C/C(=C/Br)SC1=O)C(C)(C)C. The standard InChI is InChI=1S/C23H35BrO5S/c1-7-8-9-28-21(26)19(23(4,5)6)12-16(10-15(2)3)20(25)29-14-17-11-18(13-24)30-22(17)27/h11,13,15-16,19H,7-10,12,14H2,1-6H3/b18-13-. The van der Waals surface area contributed by atoms with Crippen LogP contribution in [-0.2, 0) is 23.9 Å². The largest absolute Gasteiger partial charge is 0.465 e. The quantitative estimate of drug-likeness (QED) is 0.254. The Balaban J connectivity index is 2.87. The summed E-state index contributed by atoms with van der Waals surface area (Å²) in [6, 6.07) is 0. The maximum atomic E-state index is 12.9. The third-order valence-electron chi connectivity index (χ3n) is 4.95. The fraction of sp³-hybridized carbons (Fsp3) is 0.696. The van der Waals surface area contributed by atoms with Gasteiger partial charge in [-0.25, -0.2) is 0 Å². The van der Waals surface area contributed by atoms with E-state index in [0.29, 0.717) is 25.0 Å². The van der Waals surface area contributed by atoms with Gasteiger partial charge in [0.1, 0.15) is 6.61 Å². The molecule has 0 aromatic carbocycles. The Labute approximate surface area is 193 Å². The third kappa shape index (κ3) is 8.96. The molecular weight excluding hydrogens is 468 g/mol. The zero-order valence-corrected chi connectivity index (χ0v) is 21.4. The highest BCUT2D eigenvalue weighted by atomic mass is 79.9. The van der Waals surface area contributed by atoms with E-state index < -0.39 is 11.8 Å². The fourth-order valence-corrected chi connectivity index (χ4v) is 4.34. The Hall–Kier alpha value is -1.08. The number of hydrogen-bond acceptors (Lipinski definition) is 6. The van der Waals surface area contributed by atoms with Gasteiger partial charge in [-0.15, -0.1) is 0 Å². The predicted octanol–water partition coefficient (Wildman–Crippen LogP) is 6.02. The van der Waals surface area contributed by atoms with E-state index in [0.717, 1.165) is 29.5 Å². The average molecular weight is 503 g/mol. The maximum Gasteiger partial charge on any atom is 0.309 e. The molecule has 5 nitrogen and oxygen atoms in total. The molecule has 0 aliphatic carbocycles. The summed E-state index contributed by atoms with van der Waals surface area (Å²) in [6.45, 7) is 12.4. The summed E-state index contributed by atoms with van der Waals surface area (Å²) in [6.07, 6.45) is 4.48. The molecule has 2 unspecified atom stereocenters. The van der Waals surface area contributed by atoms with Crippen molar-refractivity contribution in [1.29, 1.82) is 0 Å². The second kappa shape index (κ2) is 12.7. The molecule has 1 aliphatic rings. The molecule has 0 spiro atoms. The van der Waals surface area contributed by atoms with Crippen LogP contribution in [0.2, 0.25) is 0 Å². The zero-order valence-electron chi connectivity index (χ0n) is 19.0. The molecule has 0 radical (unpaired) electrons. The average Bonchev–Trinajstić information content (AvgIpc) is 3.01. The van der Waals surface area contributed by atoms with Gasteiger partial charge in [0.05, 0.1) is 18.4 Å². The van der Waals surface area contributed by atoms with Crippen LogP contribution in [0.15, 0.2) is 21.5 Å². The van der Waals surface area contributed by atoms with Crippen molar-refractivity contribution in [2.75, 3.05) is 13.2 Å². The van der Waals surface area contributed by atoms with Crippen molar-refractivity contribution in [2.45, 2.75) is 67.2 Å². The van der Waals surface area contributed by atoms with Gasteiger partial charge >= 0.3 is 11.9 Å². The van der Waals surface area contributed by atoms with Crippen LogP contribution in [0.3, 0.4) is 0 Å². The van der Waals surface area contributed by atoms with Gasteiger partial charge in [0.15, 0.2) is 0 Å². The van der Waals surface area contributed by atoms with E-state index in [1.54, 1.807) is 11.1 Å². The highest BCUT2D eigenvalue weighted by Crippen LogP contribution is 2.35. The first-order valence-corrected chi connectivity index (χ1v) is 12.3. The van der Waals surface area contributed by atoms with Gasteiger partial charge in [0.25, 0.3) is 0 Å². The predicted molar refractivity (Wildman–Crippen MR) is 125 cm³/mol. The first-order chi connectivity index (χ1) is 14.0. The van der Waals surface area contributed by atoms with Gasteiger partial charge in [-0.2, -0.15) is 0 Å². The molecule has 170 valence electrons. The molecule has 0 bridgehead atoms. The Morgan fingerprint density at radius 3 is 2.33 bits per heavy atom. The number of ether oxygens (including phenoxy) is 2. The minimum absolute atomic E-state index is 0.0509. The van der Waals surface area contributed by atoms with Crippen molar-refractivity contribution >= 4 is 44.7 Å². The molecule has 7 heteroatoms. The molecule has 0 amide bonds. The second-order valence-electron chi connectivity index (χ2n) is 9.18. The van der Waals surface area contributed by atoms with Gasteiger partial charge in [-0.1, -0.05) is 63.9 Å². The van der Waals surface area contributed by atoms with Crippen molar-refractivity contribution in [2.24, 2.45) is 23.2 Å². The van der Waals surface area contributed by atoms with Crippen LogP contribution < -0.4 is 0 Å². The topological polar surface area (TPSA) is 69.7 Å². The van der Waals surface area contributed by atoms with Crippen molar-refractivity contribution in [1.82, 2.24) is 0 Å². The van der Waals surface area contributed by atoms with Gasteiger partial charge in [0.2, 0.25) is 5.12 Å². The number of hydrogen-bond donors (Lipinski definition) is 0. The number of carbonyl (C=O) groups is 3. The number of unbranched alkanes of at least 4 members (excludes halogenated alkanes) is 1. The summed E-state index contributed by atoms with van der Waals surface area (Å²) in [5.41, 5.74) is 0.128. The van der Waals surface area contributed by atoms with E-state index in [-0.39, 0.29) is 35.0 Å². The Bertz CT molecular complexity index is 676. The summed E-state index contributed by atoms with van der Waals surface area (Å²) in [7, 11) is 0. The first-order valence-electron chi connectivity index (χ1n) is 10.6. The van der Waals surface area contributed by atoms with E-state index in [2.05, 4.69) is 15.9 Å². The van der Waals surface area contributed by atoms with Crippen molar-refractivity contribution in [3.8, 4) is 0 Å². The Kier molecular flexibility index (Phi) is 11.4. The summed E-state index contributed by atoms with van der Waals surface area (Å²) in [5.74, 6) is -1.19. The number of allylic oxidation sites excluding steroid dienone is 1. The lowest BCUT2D eigenvalue weighted by Crippen LogP contribution is -2.35. The number of rotatable bonds is 11. The number of halogens is 1. The van der Waals surface area contributed by atoms with Crippen LogP contribution in [0.25, 0.3) is 0 Å². The molecule has 1 aliphatic heterocycles.